The average molecular weight is 358 g/mol. The van der Waals surface area contributed by atoms with Gasteiger partial charge in [0.25, 0.3) is 5.91 Å². The Bertz CT molecular complexity index is 756. The molecule has 0 unspecified atom stereocenters. The number of amides is 1. The quantitative estimate of drug-likeness (QED) is 0.663. The summed E-state index contributed by atoms with van der Waals surface area (Å²) < 4.78 is 12.6. The van der Waals surface area contributed by atoms with Gasteiger partial charge in [0.1, 0.15) is 6.61 Å². The summed E-state index contributed by atoms with van der Waals surface area (Å²) in [6.07, 6.45) is 3.45. The standard InChI is InChI=1S/C20H26N2O4/c1-3-4-11-21-20(24)18-19(26-15-16-8-6-5-7-9-16)17(23)10-12-22(18)13-14-25-2/h5-10,12H,3-4,11,13-15H2,1-2H3,(H,21,24). The highest BCUT2D eigenvalue weighted by atomic mass is 16.5. The number of carbonyl (C=O) groups is 1. The zero-order valence-electron chi connectivity index (χ0n) is 15.4. The van der Waals surface area contributed by atoms with Crippen molar-refractivity contribution in [2.45, 2.75) is 32.9 Å². The van der Waals surface area contributed by atoms with Gasteiger partial charge in [-0.1, -0.05) is 43.7 Å². The molecule has 0 saturated carbocycles. The molecule has 0 bridgehead atoms. The van der Waals surface area contributed by atoms with Crippen LogP contribution in [0.25, 0.3) is 0 Å². The van der Waals surface area contributed by atoms with E-state index >= 15 is 0 Å². The summed E-state index contributed by atoms with van der Waals surface area (Å²) in [4.78, 5) is 25.1. The lowest BCUT2D eigenvalue weighted by Gasteiger charge is -2.17. The van der Waals surface area contributed by atoms with Crippen molar-refractivity contribution in [2.75, 3.05) is 20.3 Å². The predicted octanol–water partition coefficient (Wildman–Crippen LogP) is 2.60. The third-order valence-corrected chi connectivity index (χ3v) is 3.93. The zero-order valence-corrected chi connectivity index (χ0v) is 15.4. The molecule has 0 aliphatic rings. The van der Waals surface area contributed by atoms with Crippen LogP contribution in [0.5, 0.6) is 5.75 Å². The fourth-order valence-electron chi connectivity index (χ4n) is 2.50. The van der Waals surface area contributed by atoms with Crippen molar-refractivity contribution in [2.24, 2.45) is 0 Å². The number of rotatable bonds is 10. The number of ether oxygens (including phenoxy) is 2. The van der Waals surface area contributed by atoms with Gasteiger partial charge in [-0.2, -0.15) is 0 Å². The number of unbranched alkanes of at least 4 members (excludes halogenated alkanes) is 1. The number of benzene rings is 1. The van der Waals surface area contributed by atoms with Crippen LogP contribution in [0.1, 0.15) is 35.8 Å². The first-order chi connectivity index (χ1) is 12.7. The van der Waals surface area contributed by atoms with E-state index in [1.54, 1.807) is 17.9 Å². The molecule has 6 nitrogen and oxygen atoms in total. The van der Waals surface area contributed by atoms with Crippen LogP contribution < -0.4 is 15.5 Å². The second-order valence-electron chi connectivity index (χ2n) is 5.93. The molecule has 2 rings (SSSR count). The van der Waals surface area contributed by atoms with Crippen molar-refractivity contribution in [3.63, 3.8) is 0 Å². The average Bonchev–Trinajstić information content (AvgIpc) is 2.66. The SMILES string of the molecule is CCCCNC(=O)c1c(OCc2ccccc2)c(=O)ccn1CCOC. The molecule has 2 aromatic rings. The predicted molar refractivity (Wildman–Crippen MR) is 101 cm³/mol. The van der Waals surface area contributed by atoms with E-state index in [1.165, 1.54) is 6.07 Å². The first-order valence-corrected chi connectivity index (χ1v) is 8.84. The summed E-state index contributed by atoms with van der Waals surface area (Å²) in [5.41, 5.74) is 0.855. The van der Waals surface area contributed by atoms with Gasteiger partial charge in [0.05, 0.1) is 6.61 Å². The Balaban J connectivity index is 2.30. The summed E-state index contributed by atoms with van der Waals surface area (Å²) in [5.74, 6) is -0.239. The molecule has 1 aromatic carbocycles. The Morgan fingerprint density at radius 2 is 1.96 bits per heavy atom. The summed E-state index contributed by atoms with van der Waals surface area (Å²) >= 11 is 0. The van der Waals surface area contributed by atoms with Crippen molar-refractivity contribution in [3.8, 4) is 5.75 Å². The van der Waals surface area contributed by atoms with Crippen molar-refractivity contribution in [1.29, 1.82) is 0 Å². The highest BCUT2D eigenvalue weighted by Gasteiger charge is 2.20. The molecule has 140 valence electrons. The molecule has 0 aliphatic carbocycles. The molecule has 0 saturated heterocycles. The topological polar surface area (TPSA) is 69.6 Å². The summed E-state index contributed by atoms with van der Waals surface area (Å²) in [6, 6.07) is 11.0. The van der Waals surface area contributed by atoms with E-state index in [-0.39, 0.29) is 29.4 Å². The monoisotopic (exact) mass is 358 g/mol. The molecular weight excluding hydrogens is 332 g/mol. The van der Waals surface area contributed by atoms with E-state index in [0.29, 0.717) is 19.7 Å². The minimum absolute atomic E-state index is 0.0708. The van der Waals surface area contributed by atoms with Crippen LogP contribution in [0.4, 0.5) is 0 Å². The summed E-state index contributed by atoms with van der Waals surface area (Å²) in [5, 5.41) is 2.86. The molecule has 6 heteroatoms. The maximum atomic E-state index is 12.7. The Hall–Kier alpha value is -2.60. The number of nitrogens with zero attached hydrogens (tertiary/aromatic N) is 1. The van der Waals surface area contributed by atoms with E-state index in [4.69, 9.17) is 9.47 Å². The van der Waals surface area contributed by atoms with Gasteiger partial charge in [0.2, 0.25) is 5.43 Å². The fraction of sp³-hybridized carbons (Fsp3) is 0.400. The molecule has 1 heterocycles. The molecule has 0 aliphatic heterocycles. The Kier molecular flexibility index (Phi) is 7.89. The van der Waals surface area contributed by atoms with Crippen molar-refractivity contribution >= 4 is 5.91 Å². The minimum Gasteiger partial charge on any atom is -0.483 e. The number of pyridine rings is 1. The van der Waals surface area contributed by atoms with Gasteiger partial charge >= 0.3 is 0 Å². The first kappa shape index (κ1) is 19.7. The van der Waals surface area contributed by atoms with E-state index in [9.17, 15) is 9.59 Å². The molecule has 0 fully saturated rings. The van der Waals surface area contributed by atoms with Gasteiger partial charge < -0.3 is 19.4 Å². The van der Waals surface area contributed by atoms with Crippen LogP contribution in [-0.2, 0) is 17.9 Å². The molecule has 0 spiro atoms. The van der Waals surface area contributed by atoms with E-state index in [1.807, 2.05) is 30.3 Å². The molecule has 1 N–H and O–H groups in total. The zero-order chi connectivity index (χ0) is 18.8. The highest BCUT2D eigenvalue weighted by Crippen LogP contribution is 2.16. The van der Waals surface area contributed by atoms with Gasteiger partial charge in [-0.05, 0) is 12.0 Å². The van der Waals surface area contributed by atoms with Crippen LogP contribution >= 0.6 is 0 Å². The smallest absolute Gasteiger partial charge is 0.271 e. The minimum atomic E-state index is -0.310. The van der Waals surface area contributed by atoms with Gasteiger partial charge in [0, 0.05) is 32.5 Å². The molecule has 26 heavy (non-hydrogen) atoms. The molecule has 0 atom stereocenters. The van der Waals surface area contributed by atoms with Gasteiger partial charge in [-0.3, -0.25) is 9.59 Å². The van der Waals surface area contributed by atoms with E-state index in [0.717, 1.165) is 18.4 Å². The van der Waals surface area contributed by atoms with Crippen LogP contribution in [0.2, 0.25) is 0 Å². The van der Waals surface area contributed by atoms with Crippen LogP contribution in [0.3, 0.4) is 0 Å². The number of hydrogen-bond acceptors (Lipinski definition) is 4. The summed E-state index contributed by atoms with van der Waals surface area (Å²) in [6.45, 7) is 3.71. The number of carbonyl (C=O) groups excluding carboxylic acids is 1. The third-order valence-electron chi connectivity index (χ3n) is 3.93. The largest absolute Gasteiger partial charge is 0.483 e. The van der Waals surface area contributed by atoms with E-state index < -0.39 is 0 Å². The van der Waals surface area contributed by atoms with Gasteiger partial charge in [-0.15, -0.1) is 0 Å². The van der Waals surface area contributed by atoms with Crippen LogP contribution in [-0.4, -0.2) is 30.7 Å². The number of methoxy groups -OCH3 is 1. The lowest BCUT2D eigenvalue weighted by Crippen LogP contribution is -2.31. The lowest BCUT2D eigenvalue weighted by atomic mass is 10.2. The number of nitrogens with one attached hydrogen (secondary N) is 1. The Morgan fingerprint density at radius 3 is 2.65 bits per heavy atom. The van der Waals surface area contributed by atoms with Gasteiger partial charge in [0.15, 0.2) is 11.4 Å². The lowest BCUT2D eigenvalue weighted by molar-refractivity contribution is 0.0933. The second kappa shape index (κ2) is 10.4. The number of hydrogen-bond donors (Lipinski definition) is 1. The molecule has 0 radical (unpaired) electrons. The van der Waals surface area contributed by atoms with Crippen molar-refractivity contribution in [1.82, 2.24) is 9.88 Å². The van der Waals surface area contributed by atoms with Crippen LogP contribution in [0, 0.1) is 0 Å². The van der Waals surface area contributed by atoms with Gasteiger partial charge in [-0.25, -0.2) is 0 Å². The maximum Gasteiger partial charge on any atom is 0.271 e. The number of aromatic nitrogens is 1. The fourth-order valence-corrected chi connectivity index (χ4v) is 2.50. The molecule has 1 aromatic heterocycles. The Labute approximate surface area is 153 Å². The van der Waals surface area contributed by atoms with Crippen molar-refractivity contribution < 1.29 is 14.3 Å². The highest BCUT2D eigenvalue weighted by molar-refractivity contribution is 5.95. The summed E-state index contributed by atoms with van der Waals surface area (Å²) in [7, 11) is 1.59. The molecule has 1 amide bonds. The maximum absolute atomic E-state index is 12.7. The van der Waals surface area contributed by atoms with Crippen molar-refractivity contribution in [3.05, 3.63) is 64.1 Å². The second-order valence-corrected chi connectivity index (χ2v) is 5.93. The van der Waals surface area contributed by atoms with E-state index in [2.05, 4.69) is 12.2 Å². The Morgan fingerprint density at radius 1 is 1.19 bits per heavy atom. The molecular formula is C20H26N2O4. The normalized spacial score (nSPS) is 10.5. The van der Waals surface area contributed by atoms with Crippen LogP contribution in [0.15, 0.2) is 47.4 Å². The third kappa shape index (κ3) is 5.46. The first-order valence-electron chi connectivity index (χ1n) is 8.84.